The molecule has 1 amide bonds. The highest BCUT2D eigenvalue weighted by Crippen LogP contribution is 2.40. The average molecular weight is 419 g/mol. The highest BCUT2D eigenvalue weighted by Gasteiger charge is 2.40. The highest BCUT2D eigenvalue weighted by atomic mass is 79.9. The van der Waals surface area contributed by atoms with Crippen molar-refractivity contribution in [2.24, 2.45) is 17.6 Å². The van der Waals surface area contributed by atoms with Crippen LogP contribution in [-0.2, 0) is 0 Å². The Morgan fingerprint density at radius 2 is 1.92 bits per heavy atom. The monoisotopic (exact) mass is 417 g/mol. The number of nitro groups is 1. The Balaban J connectivity index is 0.00000208. The van der Waals surface area contributed by atoms with Crippen molar-refractivity contribution in [1.82, 2.24) is 5.32 Å². The standard InChI is InChI=1S/C16H20BrN3O3.ClH/c17-14-8-12(20(22)23)4-5-13(14)16(21)19-15-9-2-1-3-10(15)7-11(18)6-9;/h4-5,8-11,15H,1-3,6-7,18H2,(H,19,21);1H. The van der Waals surface area contributed by atoms with E-state index in [9.17, 15) is 14.9 Å². The lowest BCUT2D eigenvalue weighted by molar-refractivity contribution is -0.384. The molecule has 24 heavy (non-hydrogen) atoms. The van der Waals surface area contributed by atoms with Gasteiger partial charge in [-0.3, -0.25) is 14.9 Å². The fourth-order valence-corrected chi connectivity index (χ4v) is 4.60. The van der Waals surface area contributed by atoms with Crippen LogP contribution in [0.2, 0.25) is 0 Å². The van der Waals surface area contributed by atoms with E-state index in [0.29, 0.717) is 21.9 Å². The number of hydrogen-bond acceptors (Lipinski definition) is 4. The van der Waals surface area contributed by atoms with Crippen LogP contribution in [0.5, 0.6) is 0 Å². The van der Waals surface area contributed by atoms with Crippen LogP contribution in [0.4, 0.5) is 5.69 Å². The third-order valence-corrected chi connectivity index (χ3v) is 5.74. The molecule has 0 radical (unpaired) electrons. The first-order valence-corrected chi connectivity index (χ1v) is 8.75. The third kappa shape index (κ3) is 3.90. The van der Waals surface area contributed by atoms with Gasteiger partial charge in [0.2, 0.25) is 0 Å². The van der Waals surface area contributed by atoms with Gasteiger partial charge in [0.05, 0.1) is 10.5 Å². The molecular formula is C16H21BrClN3O3. The normalized spacial score (nSPS) is 28.6. The van der Waals surface area contributed by atoms with Gasteiger partial charge in [0, 0.05) is 28.7 Å². The van der Waals surface area contributed by atoms with Gasteiger partial charge in [-0.05, 0) is 59.5 Å². The molecule has 1 aromatic carbocycles. The first-order chi connectivity index (χ1) is 11.0. The van der Waals surface area contributed by atoms with E-state index in [2.05, 4.69) is 21.2 Å². The molecule has 2 atom stereocenters. The predicted octanol–water partition coefficient (Wildman–Crippen LogP) is 3.41. The molecule has 8 heteroatoms. The minimum Gasteiger partial charge on any atom is -0.349 e. The summed E-state index contributed by atoms with van der Waals surface area (Å²) in [5.74, 6) is 0.709. The molecule has 0 aromatic heterocycles. The van der Waals surface area contributed by atoms with Crippen molar-refractivity contribution in [3.63, 3.8) is 0 Å². The van der Waals surface area contributed by atoms with Crippen molar-refractivity contribution < 1.29 is 9.72 Å². The summed E-state index contributed by atoms with van der Waals surface area (Å²) in [6, 6.07) is 4.63. The van der Waals surface area contributed by atoms with Gasteiger partial charge in [-0.2, -0.15) is 0 Å². The van der Waals surface area contributed by atoms with E-state index in [0.717, 1.165) is 25.7 Å². The zero-order chi connectivity index (χ0) is 16.6. The molecule has 0 spiro atoms. The molecule has 3 rings (SSSR count). The topological polar surface area (TPSA) is 98.3 Å². The van der Waals surface area contributed by atoms with Gasteiger partial charge >= 0.3 is 0 Å². The van der Waals surface area contributed by atoms with Crippen molar-refractivity contribution in [2.75, 3.05) is 0 Å². The van der Waals surface area contributed by atoms with Crippen LogP contribution in [0.25, 0.3) is 0 Å². The molecule has 2 fully saturated rings. The molecule has 1 aromatic rings. The van der Waals surface area contributed by atoms with Crippen LogP contribution in [0, 0.1) is 22.0 Å². The van der Waals surface area contributed by atoms with Gasteiger partial charge in [-0.25, -0.2) is 0 Å². The smallest absolute Gasteiger partial charge is 0.270 e. The molecule has 2 aliphatic rings. The van der Waals surface area contributed by atoms with Crippen molar-refractivity contribution in [3.8, 4) is 0 Å². The second-order valence-electron chi connectivity index (χ2n) is 6.60. The average Bonchev–Trinajstić information content (AvgIpc) is 2.47. The summed E-state index contributed by atoms with van der Waals surface area (Å²) in [5, 5.41) is 13.9. The zero-order valence-corrected chi connectivity index (χ0v) is 15.5. The highest BCUT2D eigenvalue weighted by molar-refractivity contribution is 9.10. The van der Waals surface area contributed by atoms with Crippen molar-refractivity contribution in [3.05, 3.63) is 38.3 Å². The number of nitro benzene ring substituents is 1. The Bertz CT molecular complexity index is 629. The molecule has 2 unspecified atom stereocenters. The van der Waals surface area contributed by atoms with Gasteiger partial charge in [-0.1, -0.05) is 6.42 Å². The number of rotatable bonds is 3. The van der Waals surface area contributed by atoms with Crippen molar-refractivity contribution in [2.45, 2.75) is 44.2 Å². The fraction of sp³-hybridized carbons (Fsp3) is 0.562. The molecule has 3 N–H and O–H groups in total. The largest absolute Gasteiger partial charge is 0.349 e. The van der Waals surface area contributed by atoms with E-state index in [1.807, 2.05) is 0 Å². The number of carbonyl (C=O) groups is 1. The summed E-state index contributed by atoms with van der Waals surface area (Å²) in [4.78, 5) is 22.9. The molecule has 2 saturated carbocycles. The maximum absolute atomic E-state index is 12.6. The number of halogens is 2. The van der Waals surface area contributed by atoms with Gasteiger partial charge in [0.25, 0.3) is 11.6 Å². The number of benzene rings is 1. The van der Waals surface area contributed by atoms with E-state index < -0.39 is 4.92 Å². The molecule has 0 saturated heterocycles. The number of nitrogens with two attached hydrogens (primary N) is 1. The SMILES string of the molecule is Cl.NC1CC2CCCC(C1)C2NC(=O)c1ccc([N+](=O)[O-])cc1Br. The van der Waals surface area contributed by atoms with E-state index >= 15 is 0 Å². The number of hydrogen-bond donors (Lipinski definition) is 2. The molecule has 132 valence electrons. The summed E-state index contributed by atoms with van der Waals surface area (Å²) in [7, 11) is 0. The summed E-state index contributed by atoms with van der Waals surface area (Å²) in [6.45, 7) is 0. The van der Waals surface area contributed by atoms with Crippen LogP contribution >= 0.6 is 28.3 Å². The van der Waals surface area contributed by atoms with E-state index in [4.69, 9.17) is 5.73 Å². The molecular weight excluding hydrogens is 398 g/mol. The van der Waals surface area contributed by atoms with Crippen LogP contribution in [0.1, 0.15) is 42.5 Å². The minimum atomic E-state index is -0.473. The van der Waals surface area contributed by atoms with Crippen LogP contribution in [0.15, 0.2) is 22.7 Å². The van der Waals surface area contributed by atoms with Gasteiger partial charge in [-0.15, -0.1) is 12.4 Å². The van der Waals surface area contributed by atoms with Crippen LogP contribution in [0.3, 0.4) is 0 Å². The lowest BCUT2D eigenvalue weighted by Crippen LogP contribution is -2.53. The number of non-ortho nitro benzene ring substituents is 1. The van der Waals surface area contributed by atoms with Crippen molar-refractivity contribution >= 4 is 39.9 Å². The third-order valence-electron chi connectivity index (χ3n) is 5.08. The first kappa shape index (κ1) is 19.1. The summed E-state index contributed by atoms with van der Waals surface area (Å²) < 4.78 is 0.446. The van der Waals surface area contributed by atoms with Crippen LogP contribution in [-0.4, -0.2) is 22.9 Å². The lowest BCUT2D eigenvalue weighted by Gasteiger charge is -2.45. The number of carbonyl (C=O) groups excluding carboxylic acids is 1. The fourth-order valence-electron chi connectivity index (χ4n) is 4.06. The number of amides is 1. The molecule has 2 aliphatic carbocycles. The van der Waals surface area contributed by atoms with Crippen molar-refractivity contribution in [1.29, 1.82) is 0 Å². The quantitative estimate of drug-likeness (QED) is 0.580. The van der Waals surface area contributed by atoms with E-state index in [1.165, 1.54) is 24.6 Å². The second kappa shape index (κ2) is 7.80. The molecule has 0 heterocycles. The predicted molar refractivity (Wildman–Crippen MR) is 97.3 cm³/mol. The maximum atomic E-state index is 12.6. The Kier molecular flexibility index (Phi) is 6.22. The van der Waals surface area contributed by atoms with Gasteiger partial charge in [0.1, 0.15) is 0 Å². The molecule has 6 nitrogen and oxygen atoms in total. The molecule has 2 bridgehead atoms. The minimum absolute atomic E-state index is 0. The summed E-state index contributed by atoms with van der Waals surface area (Å²) in [5.41, 5.74) is 6.51. The molecule has 0 aliphatic heterocycles. The number of fused-ring (bicyclic) bond motifs is 2. The Hall–Kier alpha value is -1.18. The van der Waals surface area contributed by atoms with Crippen LogP contribution < -0.4 is 11.1 Å². The number of nitrogens with zero attached hydrogens (tertiary/aromatic N) is 1. The van der Waals surface area contributed by atoms with E-state index in [-0.39, 0.29) is 36.1 Å². The Morgan fingerprint density at radius 1 is 1.29 bits per heavy atom. The lowest BCUT2D eigenvalue weighted by atomic mass is 9.67. The first-order valence-electron chi connectivity index (χ1n) is 7.96. The van der Waals surface area contributed by atoms with Gasteiger partial charge in [0.15, 0.2) is 0 Å². The van der Waals surface area contributed by atoms with Gasteiger partial charge < -0.3 is 11.1 Å². The summed E-state index contributed by atoms with van der Waals surface area (Å²) in [6.07, 6.45) is 5.34. The Labute approximate surface area is 155 Å². The van der Waals surface area contributed by atoms with E-state index in [1.54, 1.807) is 0 Å². The second-order valence-corrected chi connectivity index (χ2v) is 7.46. The maximum Gasteiger partial charge on any atom is 0.270 e. The zero-order valence-electron chi connectivity index (χ0n) is 13.1. The number of nitrogens with one attached hydrogen (secondary N) is 1. The Morgan fingerprint density at radius 3 is 2.46 bits per heavy atom. The summed E-state index contributed by atoms with van der Waals surface area (Å²) >= 11 is 3.27.